The minimum absolute atomic E-state index is 0.0397. The molecular formula is C14H21N3O2. The maximum absolute atomic E-state index is 11.9. The third kappa shape index (κ3) is 2.66. The maximum Gasteiger partial charge on any atom is 0.249 e. The minimum Gasteiger partial charge on any atom is -0.368 e. The number of hydrogen-bond donors (Lipinski definition) is 1. The quantitative estimate of drug-likeness (QED) is 0.896. The van der Waals surface area contributed by atoms with Gasteiger partial charge in [-0.15, -0.1) is 0 Å². The summed E-state index contributed by atoms with van der Waals surface area (Å²) in [4.78, 5) is 16.5. The molecule has 3 rings (SSSR count). The van der Waals surface area contributed by atoms with E-state index in [-0.39, 0.29) is 12.0 Å². The number of aromatic nitrogens is 2. The molecule has 1 aromatic heterocycles. The summed E-state index contributed by atoms with van der Waals surface area (Å²) in [6.45, 7) is 4.46. The number of nitrogens with one attached hydrogen (secondary N) is 1. The van der Waals surface area contributed by atoms with E-state index in [1.165, 1.54) is 0 Å². The van der Waals surface area contributed by atoms with Crippen molar-refractivity contribution in [1.29, 1.82) is 0 Å². The van der Waals surface area contributed by atoms with Gasteiger partial charge in [-0.25, -0.2) is 4.98 Å². The number of amides is 1. The Balaban J connectivity index is 1.60. The monoisotopic (exact) mass is 263 g/mol. The summed E-state index contributed by atoms with van der Waals surface area (Å²) in [5.41, 5.74) is 1.06. The predicted molar refractivity (Wildman–Crippen MR) is 70.9 cm³/mol. The van der Waals surface area contributed by atoms with Gasteiger partial charge < -0.3 is 14.6 Å². The highest BCUT2D eigenvalue weighted by Crippen LogP contribution is 2.26. The molecule has 19 heavy (non-hydrogen) atoms. The Hall–Kier alpha value is -1.36. The van der Waals surface area contributed by atoms with Crippen LogP contribution in [0.3, 0.4) is 0 Å². The summed E-state index contributed by atoms with van der Waals surface area (Å²) in [6.07, 6.45) is 5.97. The van der Waals surface area contributed by atoms with Gasteiger partial charge in [-0.2, -0.15) is 0 Å². The first-order valence-corrected chi connectivity index (χ1v) is 7.17. The molecule has 1 N–H and O–H groups in total. The van der Waals surface area contributed by atoms with Gasteiger partial charge in [0, 0.05) is 31.8 Å². The lowest BCUT2D eigenvalue weighted by Gasteiger charge is -2.24. The number of carbonyl (C=O) groups excluding carboxylic acids is 1. The smallest absolute Gasteiger partial charge is 0.249 e. The summed E-state index contributed by atoms with van der Waals surface area (Å²) in [5, 5.41) is 3.03. The zero-order valence-corrected chi connectivity index (χ0v) is 11.4. The van der Waals surface area contributed by atoms with Gasteiger partial charge >= 0.3 is 0 Å². The van der Waals surface area contributed by atoms with Crippen LogP contribution in [0.1, 0.15) is 43.1 Å². The number of rotatable bonds is 3. The van der Waals surface area contributed by atoms with E-state index in [4.69, 9.17) is 4.74 Å². The van der Waals surface area contributed by atoms with Crippen LogP contribution in [0.15, 0.2) is 6.20 Å². The lowest BCUT2D eigenvalue weighted by molar-refractivity contribution is -0.130. The fraction of sp³-hybridized carbons (Fsp3) is 0.714. The van der Waals surface area contributed by atoms with Gasteiger partial charge in [-0.1, -0.05) is 0 Å². The van der Waals surface area contributed by atoms with Crippen molar-refractivity contribution in [3.8, 4) is 0 Å². The number of ether oxygens (including phenoxy) is 1. The van der Waals surface area contributed by atoms with Crippen molar-refractivity contribution < 1.29 is 9.53 Å². The molecule has 3 heterocycles. The first kappa shape index (κ1) is 12.7. The molecule has 2 atom stereocenters. The van der Waals surface area contributed by atoms with Crippen molar-refractivity contribution in [2.45, 2.75) is 51.2 Å². The normalized spacial score (nSPS) is 26.2. The minimum atomic E-state index is -0.231. The lowest BCUT2D eigenvalue weighted by atomic mass is 9.99. The molecule has 2 aliphatic rings. The van der Waals surface area contributed by atoms with Crippen molar-refractivity contribution in [3.05, 3.63) is 17.7 Å². The van der Waals surface area contributed by atoms with E-state index >= 15 is 0 Å². The lowest BCUT2D eigenvalue weighted by Crippen LogP contribution is -2.37. The second-order valence-corrected chi connectivity index (χ2v) is 5.52. The van der Waals surface area contributed by atoms with E-state index in [2.05, 4.69) is 21.1 Å². The van der Waals surface area contributed by atoms with Gasteiger partial charge in [0.25, 0.3) is 0 Å². The van der Waals surface area contributed by atoms with Crippen LogP contribution in [0.4, 0.5) is 0 Å². The second kappa shape index (κ2) is 5.33. The number of nitrogens with zero attached hydrogens (tertiary/aromatic N) is 2. The Kier molecular flexibility index (Phi) is 3.55. The molecule has 0 aliphatic carbocycles. The van der Waals surface area contributed by atoms with Crippen molar-refractivity contribution in [3.63, 3.8) is 0 Å². The van der Waals surface area contributed by atoms with Gasteiger partial charge in [0.05, 0.1) is 5.69 Å². The van der Waals surface area contributed by atoms with E-state index in [1.54, 1.807) is 0 Å². The van der Waals surface area contributed by atoms with Gasteiger partial charge in [0.15, 0.2) is 0 Å². The number of imidazole rings is 1. The van der Waals surface area contributed by atoms with E-state index in [1.807, 2.05) is 6.92 Å². The van der Waals surface area contributed by atoms with E-state index < -0.39 is 0 Å². The first-order chi connectivity index (χ1) is 9.24. The summed E-state index contributed by atoms with van der Waals surface area (Å²) >= 11 is 0. The highest BCUT2D eigenvalue weighted by atomic mass is 16.5. The average Bonchev–Trinajstić information content (AvgIpc) is 3.03. The second-order valence-electron chi connectivity index (χ2n) is 5.52. The predicted octanol–water partition coefficient (Wildman–Crippen LogP) is 1.36. The van der Waals surface area contributed by atoms with Crippen LogP contribution in [-0.4, -0.2) is 34.7 Å². The highest BCUT2D eigenvalue weighted by Gasteiger charge is 2.26. The largest absolute Gasteiger partial charge is 0.368 e. The molecule has 0 saturated carbocycles. The zero-order chi connectivity index (χ0) is 13.2. The number of aryl methyl sites for hydroxylation is 2. The van der Waals surface area contributed by atoms with E-state index in [9.17, 15) is 4.79 Å². The molecule has 5 nitrogen and oxygen atoms in total. The Bertz CT molecular complexity index is 463. The van der Waals surface area contributed by atoms with Crippen LogP contribution in [0.5, 0.6) is 0 Å². The molecule has 1 fully saturated rings. The molecule has 0 aromatic carbocycles. The SMILES string of the molecule is Cc1cn2c(n1)C(CNC(=O)[C@H]1CCCO1)CCC2. The van der Waals surface area contributed by atoms with Crippen molar-refractivity contribution in [2.75, 3.05) is 13.2 Å². The molecule has 1 amide bonds. The summed E-state index contributed by atoms with van der Waals surface area (Å²) in [7, 11) is 0. The summed E-state index contributed by atoms with van der Waals surface area (Å²) < 4.78 is 7.62. The molecule has 2 aliphatic heterocycles. The topological polar surface area (TPSA) is 56.2 Å². The summed E-state index contributed by atoms with van der Waals surface area (Å²) in [6, 6.07) is 0. The fourth-order valence-corrected chi connectivity index (χ4v) is 3.02. The maximum atomic E-state index is 11.9. The van der Waals surface area contributed by atoms with Crippen molar-refractivity contribution in [2.24, 2.45) is 0 Å². The van der Waals surface area contributed by atoms with Gasteiger partial charge in [0.2, 0.25) is 5.91 Å². The Morgan fingerprint density at radius 2 is 2.42 bits per heavy atom. The van der Waals surface area contributed by atoms with E-state index in [0.717, 1.165) is 43.7 Å². The molecule has 0 radical (unpaired) electrons. The average molecular weight is 263 g/mol. The molecule has 104 valence electrons. The van der Waals surface area contributed by atoms with E-state index in [0.29, 0.717) is 19.1 Å². The van der Waals surface area contributed by atoms with Crippen LogP contribution >= 0.6 is 0 Å². The highest BCUT2D eigenvalue weighted by molar-refractivity contribution is 5.81. The van der Waals surface area contributed by atoms with Crippen molar-refractivity contribution >= 4 is 5.91 Å². The molecule has 5 heteroatoms. The molecule has 0 bridgehead atoms. The first-order valence-electron chi connectivity index (χ1n) is 7.17. The number of hydrogen-bond acceptors (Lipinski definition) is 3. The molecule has 1 aromatic rings. The third-order valence-corrected chi connectivity index (χ3v) is 3.99. The van der Waals surface area contributed by atoms with Gasteiger partial charge in [-0.05, 0) is 32.6 Å². The Labute approximate surface area is 113 Å². The van der Waals surface area contributed by atoms with Crippen LogP contribution in [0.2, 0.25) is 0 Å². The molecule has 0 spiro atoms. The standard InChI is InChI=1S/C14H21N3O2/c1-10-9-17-6-2-4-11(13(17)16-10)8-15-14(18)12-5-3-7-19-12/h9,11-12H,2-8H2,1H3,(H,15,18)/t11?,12-/m1/s1. The van der Waals surface area contributed by atoms with Crippen LogP contribution in [0.25, 0.3) is 0 Å². The van der Waals surface area contributed by atoms with Crippen LogP contribution in [-0.2, 0) is 16.1 Å². The van der Waals surface area contributed by atoms with Gasteiger partial charge in [0.1, 0.15) is 11.9 Å². The van der Waals surface area contributed by atoms with Crippen LogP contribution < -0.4 is 5.32 Å². The number of carbonyl (C=O) groups is 1. The molecular weight excluding hydrogens is 242 g/mol. The summed E-state index contributed by atoms with van der Waals surface area (Å²) in [5.74, 6) is 1.50. The molecule has 1 saturated heterocycles. The third-order valence-electron chi connectivity index (χ3n) is 3.99. The zero-order valence-electron chi connectivity index (χ0n) is 11.4. The fourth-order valence-electron chi connectivity index (χ4n) is 3.02. The Morgan fingerprint density at radius 1 is 1.53 bits per heavy atom. The van der Waals surface area contributed by atoms with Crippen LogP contribution in [0, 0.1) is 6.92 Å². The molecule has 1 unspecified atom stereocenters. The number of fused-ring (bicyclic) bond motifs is 1. The Morgan fingerprint density at radius 3 is 3.21 bits per heavy atom. The van der Waals surface area contributed by atoms with Crippen molar-refractivity contribution in [1.82, 2.24) is 14.9 Å². The van der Waals surface area contributed by atoms with Gasteiger partial charge in [-0.3, -0.25) is 4.79 Å².